The molecule has 0 saturated carbocycles. The number of nitrogens with zero attached hydrogens (tertiary/aromatic N) is 3. The number of para-hydroxylation sites is 1. The van der Waals surface area contributed by atoms with E-state index in [1.54, 1.807) is 12.4 Å². The van der Waals surface area contributed by atoms with Gasteiger partial charge in [-0.1, -0.05) is 66.7 Å². The highest BCUT2D eigenvalue weighted by Crippen LogP contribution is 2.33. The van der Waals surface area contributed by atoms with Gasteiger partial charge in [0.2, 0.25) is 0 Å². The van der Waals surface area contributed by atoms with Crippen molar-refractivity contribution in [3.63, 3.8) is 0 Å². The third-order valence-electron chi connectivity index (χ3n) is 5.15. The highest BCUT2D eigenvalue weighted by Gasteiger charge is 2.15. The van der Waals surface area contributed by atoms with Crippen LogP contribution in [0.25, 0.3) is 33.5 Å². The van der Waals surface area contributed by atoms with Crippen LogP contribution >= 0.6 is 0 Å². The molecule has 3 aromatic carbocycles. The molecular formula is C27H21N3O. The first kappa shape index (κ1) is 18.9. The zero-order chi connectivity index (χ0) is 20.9. The molecule has 0 spiro atoms. The van der Waals surface area contributed by atoms with E-state index >= 15 is 0 Å². The molecule has 0 aliphatic heterocycles. The van der Waals surface area contributed by atoms with E-state index < -0.39 is 0 Å². The number of pyridine rings is 1. The molecule has 5 aromatic rings. The molecule has 0 amide bonds. The van der Waals surface area contributed by atoms with E-state index in [4.69, 9.17) is 14.7 Å². The second-order valence-corrected chi connectivity index (χ2v) is 7.23. The molecular weight excluding hydrogens is 382 g/mol. The van der Waals surface area contributed by atoms with Gasteiger partial charge in [0, 0.05) is 29.9 Å². The number of fused-ring (bicyclic) bond motifs is 1. The van der Waals surface area contributed by atoms with Crippen LogP contribution in [0.5, 0.6) is 5.75 Å². The number of benzene rings is 3. The molecule has 0 aliphatic carbocycles. The number of aromatic nitrogens is 3. The van der Waals surface area contributed by atoms with Gasteiger partial charge in [0.25, 0.3) is 0 Å². The van der Waals surface area contributed by atoms with Gasteiger partial charge in [0.15, 0.2) is 0 Å². The monoisotopic (exact) mass is 403 g/mol. The van der Waals surface area contributed by atoms with E-state index in [1.165, 1.54) is 5.56 Å². The predicted molar refractivity (Wildman–Crippen MR) is 124 cm³/mol. The third kappa shape index (κ3) is 4.14. The molecule has 150 valence electrons. The molecule has 2 aromatic heterocycles. The highest BCUT2D eigenvalue weighted by atomic mass is 16.5. The van der Waals surface area contributed by atoms with Gasteiger partial charge >= 0.3 is 0 Å². The van der Waals surface area contributed by atoms with E-state index in [9.17, 15) is 0 Å². The SMILES string of the molecule is c1ccc(-c2nc3cccc(OCCc4ccncc4)c3nc2-c2ccccc2)cc1. The Hall–Kier alpha value is -4.05. The summed E-state index contributed by atoms with van der Waals surface area (Å²) in [5, 5.41) is 0. The van der Waals surface area contributed by atoms with E-state index in [1.807, 2.05) is 66.7 Å². The zero-order valence-electron chi connectivity index (χ0n) is 17.0. The summed E-state index contributed by atoms with van der Waals surface area (Å²) in [6.45, 7) is 0.561. The van der Waals surface area contributed by atoms with Crippen molar-refractivity contribution in [2.24, 2.45) is 0 Å². The quantitative estimate of drug-likeness (QED) is 0.350. The minimum Gasteiger partial charge on any atom is -0.491 e. The van der Waals surface area contributed by atoms with Crippen molar-refractivity contribution in [1.82, 2.24) is 15.0 Å². The first-order chi connectivity index (χ1) is 15.4. The average molecular weight is 403 g/mol. The van der Waals surface area contributed by atoms with Crippen molar-refractivity contribution in [1.29, 1.82) is 0 Å². The van der Waals surface area contributed by atoms with Crippen molar-refractivity contribution in [2.45, 2.75) is 6.42 Å². The normalized spacial score (nSPS) is 10.8. The molecule has 0 unspecified atom stereocenters. The van der Waals surface area contributed by atoms with Crippen LogP contribution in [0.1, 0.15) is 5.56 Å². The third-order valence-corrected chi connectivity index (χ3v) is 5.15. The minimum atomic E-state index is 0.561. The Morgan fingerprint density at radius 2 is 1.26 bits per heavy atom. The number of hydrogen-bond acceptors (Lipinski definition) is 4. The molecule has 0 aliphatic rings. The lowest BCUT2D eigenvalue weighted by Gasteiger charge is -2.13. The molecule has 0 radical (unpaired) electrons. The topological polar surface area (TPSA) is 47.9 Å². The first-order valence-electron chi connectivity index (χ1n) is 10.3. The van der Waals surface area contributed by atoms with Crippen molar-refractivity contribution < 1.29 is 4.74 Å². The molecule has 0 bridgehead atoms. The maximum absolute atomic E-state index is 6.14. The molecule has 0 N–H and O–H groups in total. The van der Waals surface area contributed by atoms with Gasteiger partial charge < -0.3 is 4.74 Å². The number of hydrogen-bond donors (Lipinski definition) is 0. The van der Waals surface area contributed by atoms with Crippen LogP contribution in [0.15, 0.2) is 103 Å². The zero-order valence-corrected chi connectivity index (χ0v) is 17.0. The minimum absolute atomic E-state index is 0.561. The molecule has 0 saturated heterocycles. The molecule has 0 fully saturated rings. The Morgan fingerprint density at radius 1 is 0.613 bits per heavy atom. The van der Waals surface area contributed by atoms with Crippen molar-refractivity contribution in [2.75, 3.05) is 6.61 Å². The Morgan fingerprint density at radius 3 is 1.94 bits per heavy atom. The Labute approximate surface area is 181 Å². The van der Waals surface area contributed by atoms with Gasteiger partial charge in [0.05, 0.1) is 23.5 Å². The lowest BCUT2D eigenvalue weighted by Crippen LogP contribution is -2.03. The highest BCUT2D eigenvalue weighted by molar-refractivity contribution is 5.89. The Bertz CT molecular complexity index is 1290. The largest absolute Gasteiger partial charge is 0.491 e. The second kappa shape index (κ2) is 8.76. The van der Waals surface area contributed by atoms with Gasteiger partial charge in [0.1, 0.15) is 11.3 Å². The molecule has 4 nitrogen and oxygen atoms in total. The Balaban J connectivity index is 1.56. The van der Waals surface area contributed by atoms with Gasteiger partial charge in [-0.15, -0.1) is 0 Å². The number of ether oxygens (including phenoxy) is 1. The predicted octanol–water partition coefficient (Wildman–Crippen LogP) is 5.98. The maximum Gasteiger partial charge on any atom is 0.147 e. The van der Waals surface area contributed by atoms with Crippen molar-refractivity contribution in [3.05, 3.63) is 109 Å². The lowest BCUT2D eigenvalue weighted by atomic mass is 10.0. The van der Waals surface area contributed by atoms with E-state index in [2.05, 4.69) is 29.2 Å². The maximum atomic E-state index is 6.14. The summed E-state index contributed by atoms with van der Waals surface area (Å²) in [6, 6.07) is 30.3. The molecule has 31 heavy (non-hydrogen) atoms. The first-order valence-corrected chi connectivity index (χ1v) is 10.3. The van der Waals surface area contributed by atoms with Gasteiger partial charge in [-0.05, 0) is 29.8 Å². The fraction of sp³-hybridized carbons (Fsp3) is 0.0741. The van der Waals surface area contributed by atoms with Crippen LogP contribution < -0.4 is 4.74 Å². The second-order valence-electron chi connectivity index (χ2n) is 7.23. The summed E-state index contributed by atoms with van der Waals surface area (Å²) < 4.78 is 6.14. The van der Waals surface area contributed by atoms with E-state index in [0.29, 0.717) is 6.61 Å². The standard InChI is InChI=1S/C27H21N3O/c1-3-8-21(9-4-1)25-26(22-10-5-2-6-11-22)30-27-23(29-25)12-7-13-24(27)31-19-16-20-14-17-28-18-15-20/h1-15,17-18H,16,19H2. The van der Waals surface area contributed by atoms with Gasteiger partial charge in [-0.25, -0.2) is 9.97 Å². The van der Waals surface area contributed by atoms with Crippen LogP contribution in [-0.4, -0.2) is 21.6 Å². The molecule has 0 atom stereocenters. The summed E-state index contributed by atoms with van der Waals surface area (Å²) in [4.78, 5) is 14.1. The van der Waals surface area contributed by atoms with E-state index in [-0.39, 0.29) is 0 Å². The van der Waals surface area contributed by atoms with Crippen molar-refractivity contribution >= 4 is 11.0 Å². The van der Waals surface area contributed by atoms with Gasteiger partial charge in [-0.3, -0.25) is 4.98 Å². The average Bonchev–Trinajstić information content (AvgIpc) is 2.85. The molecule has 5 rings (SSSR count). The summed E-state index contributed by atoms with van der Waals surface area (Å²) in [5.74, 6) is 0.746. The number of rotatable bonds is 6. The van der Waals surface area contributed by atoms with Crippen LogP contribution in [0, 0.1) is 0 Å². The van der Waals surface area contributed by atoms with Crippen LogP contribution in [0.3, 0.4) is 0 Å². The molecule has 2 heterocycles. The fourth-order valence-electron chi connectivity index (χ4n) is 3.59. The summed E-state index contributed by atoms with van der Waals surface area (Å²) in [7, 11) is 0. The van der Waals surface area contributed by atoms with Crippen LogP contribution in [-0.2, 0) is 6.42 Å². The van der Waals surface area contributed by atoms with Crippen LogP contribution in [0.4, 0.5) is 0 Å². The van der Waals surface area contributed by atoms with Crippen LogP contribution in [0.2, 0.25) is 0 Å². The molecule has 4 heteroatoms. The fourth-order valence-corrected chi connectivity index (χ4v) is 3.59. The van der Waals surface area contributed by atoms with Gasteiger partial charge in [-0.2, -0.15) is 0 Å². The van der Waals surface area contributed by atoms with E-state index in [0.717, 1.165) is 45.7 Å². The summed E-state index contributed by atoms with van der Waals surface area (Å²) in [5.41, 5.74) is 6.58. The van der Waals surface area contributed by atoms with Crippen molar-refractivity contribution in [3.8, 4) is 28.3 Å². The lowest BCUT2D eigenvalue weighted by molar-refractivity contribution is 0.325. The smallest absolute Gasteiger partial charge is 0.147 e. The Kier molecular flexibility index (Phi) is 5.35. The summed E-state index contributed by atoms with van der Waals surface area (Å²) in [6.07, 6.45) is 4.41. The summed E-state index contributed by atoms with van der Waals surface area (Å²) >= 11 is 0.